The summed E-state index contributed by atoms with van der Waals surface area (Å²) in [6.45, 7) is 0. The molecule has 96 valence electrons. The van der Waals surface area contributed by atoms with Crippen LogP contribution >= 0.6 is 55.1 Å². The molecule has 0 radical (unpaired) electrons. The molecular formula is C12H8Br2Cl2O2. The van der Waals surface area contributed by atoms with Gasteiger partial charge in [0.05, 0.1) is 4.47 Å². The van der Waals surface area contributed by atoms with Crippen LogP contribution in [0.25, 0.3) is 0 Å². The zero-order chi connectivity index (χ0) is 13.3. The summed E-state index contributed by atoms with van der Waals surface area (Å²) in [5.41, 5.74) is 0.706. The SMILES string of the molecule is OC(Cc1c(Cl)cccc1Cl)c1cc(Br)c(Br)o1. The second kappa shape index (κ2) is 5.97. The average molecular weight is 415 g/mol. The maximum Gasteiger partial charge on any atom is 0.183 e. The molecule has 0 saturated heterocycles. The molecule has 6 heteroatoms. The lowest BCUT2D eigenvalue weighted by atomic mass is 10.1. The number of benzene rings is 1. The third-order valence-electron chi connectivity index (χ3n) is 2.45. The second-order valence-corrected chi connectivity index (χ2v) is 6.08. The minimum atomic E-state index is -0.801. The van der Waals surface area contributed by atoms with Crippen molar-refractivity contribution < 1.29 is 9.52 Å². The van der Waals surface area contributed by atoms with Crippen LogP contribution in [0, 0.1) is 0 Å². The topological polar surface area (TPSA) is 33.4 Å². The fourth-order valence-electron chi connectivity index (χ4n) is 1.55. The van der Waals surface area contributed by atoms with E-state index in [0.29, 0.717) is 32.5 Å². The minimum Gasteiger partial charge on any atom is -0.450 e. The molecule has 18 heavy (non-hydrogen) atoms. The van der Waals surface area contributed by atoms with E-state index in [2.05, 4.69) is 31.9 Å². The van der Waals surface area contributed by atoms with E-state index in [4.69, 9.17) is 27.6 Å². The van der Waals surface area contributed by atoms with Gasteiger partial charge in [0.2, 0.25) is 0 Å². The summed E-state index contributed by atoms with van der Waals surface area (Å²) >= 11 is 18.6. The maximum absolute atomic E-state index is 10.1. The van der Waals surface area contributed by atoms with Crippen molar-refractivity contribution in [1.29, 1.82) is 0 Å². The standard InChI is InChI=1S/C12H8Br2Cl2O2/c13-7-5-11(18-12(7)14)10(17)4-6-8(15)2-1-3-9(6)16/h1-3,5,10,17H,4H2. The molecule has 0 aliphatic rings. The van der Waals surface area contributed by atoms with Crippen molar-refractivity contribution in [2.45, 2.75) is 12.5 Å². The molecule has 0 spiro atoms. The molecule has 1 aromatic heterocycles. The Bertz CT molecular complexity index is 529. The normalized spacial score (nSPS) is 12.7. The quantitative estimate of drug-likeness (QED) is 0.730. The van der Waals surface area contributed by atoms with Crippen LogP contribution in [0.3, 0.4) is 0 Å². The third-order valence-corrected chi connectivity index (χ3v) is 4.87. The number of hydrogen-bond donors (Lipinski definition) is 1. The van der Waals surface area contributed by atoms with Gasteiger partial charge in [-0.1, -0.05) is 29.3 Å². The zero-order valence-electron chi connectivity index (χ0n) is 8.96. The van der Waals surface area contributed by atoms with E-state index in [1.165, 1.54) is 0 Å². The summed E-state index contributed by atoms with van der Waals surface area (Å²) in [4.78, 5) is 0. The van der Waals surface area contributed by atoms with Crippen molar-refractivity contribution in [3.8, 4) is 0 Å². The molecule has 0 fully saturated rings. The van der Waals surface area contributed by atoms with Gasteiger partial charge in [-0.2, -0.15) is 0 Å². The summed E-state index contributed by atoms with van der Waals surface area (Å²) in [6, 6.07) is 6.95. The maximum atomic E-state index is 10.1. The molecule has 2 aromatic rings. The fourth-order valence-corrected chi connectivity index (χ4v) is 2.71. The molecule has 0 bridgehead atoms. The van der Waals surface area contributed by atoms with E-state index in [9.17, 15) is 5.11 Å². The second-order valence-electron chi connectivity index (χ2n) is 3.69. The zero-order valence-corrected chi connectivity index (χ0v) is 13.6. The van der Waals surface area contributed by atoms with Crippen molar-refractivity contribution >= 4 is 55.1 Å². The van der Waals surface area contributed by atoms with E-state index >= 15 is 0 Å². The van der Waals surface area contributed by atoms with Crippen LogP contribution < -0.4 is 0 Å². The van der Waals surface area contributed by atoms with Crippen molar-refractivity contribution in [2.75, 3.05) is 0 Å². The first kappa shape index (κ1) is 14.4. The highest BCUT2D eigenvalue weighted by Crippen LogP contribution is 2.33. The van der Waals surface area contributed by atoms with Crippen molar-refractivity contribution in [3.63, 3.8) is 0 Å². The molecule has 1 aromatic carbocycles. The predicted molar refractivity (Wildman–Crippen MR) is 79.2 cm³/mol. The van der Waals surface area contributed by atoms with E-state index in [0.717, 1.165) is 4.47 Å². The molecule has 0 aliphatic carbocycles. The van der Waals surface area contributed by atoms with Gasteiger partial charge in [-0.15, -0.1) is 0 Å². The Morgan fingerprint density at radius 3 is 2.33 bits per heavy atom. The molecule has 1 N–H and O–H groups in total. The van der Waals surface area contributed by atoms with Gasteiger partial charge in [-0.05, 0) is 55.6 Å². The summed E-state index contributed by atoms with van der Waals surface area (Å²) in [5.74, 6) is 0.449. The van der Waals surface area contributed by atoms with Crippen molar-refractivity contribution in [2.24, 2.45) is 0 Å². The number of rotatable bonds is 3. The smallest absolute Gasteiger partial charge is 0.183 e. The average Bonchev–Trinajstić information content (AvgIpc) is 2.64. The van der Waals surface area contributed by atoms with Crippen LogP contribution in [0.5, 0.6) is 0 Å². The number of furan rings is 1. The van der Waals surface area contributed by atoms with Gasteiger partial charge >= 0.3 is 0 Å². The molecule has 0 amide bonds. The Morgan fingerprint density at radius 1 is 1.22 bits per heavy atom. The molecule has 0 saturated carbocycles. The summed E-state index contributed by atoms with van der Waals surface area (Å²) in [5, 5.41) is 11.2. The van der Waals surface area contributed by atoms with E-state index in [-0.39, 0.29) is 0 Å². The Morgan fingerprint density at radius 2 is 1.83 bits per heavy atom. The van der Waals surface area contributed by atoms with E-state index < -0.39 is 6.10 Å². The van der Waals surface area contributed by atoms with Crippen molar-refractivity contribution in [1.82, 2.24) is 0 Å². The highest BCUT2D eigenvalue weighted by atomic mass is 79.9. The predicted octanol–water partition coefficient (Wildman–Crippen LogP) is 5.39. The van der Waals surface area contributed by atoms with Crippen LogP contribution in [-0.2, 0) is 6.42 Å². The first-order valence-corrected chi connectivity index (χ1v) is 7.39. The largest absolute Gasteiger partial charge is 0.450 e. The van der Waals surface area contributed by atoms with Crippen LogP contribution in [0.15, 0.2) is 37.8 Å². The number of hydrogen-bond acceptors (Lipinski definition) is 2. The first-order valence-electron chi connectivity index (χ1n) is 5.04. The Kier molecular flexibility index (Phi) is 4.78. The number of aliphatic hydroxyl groups is 1. The summed E-state index contributed by atoms with van der Waals surface area (Å²) < 4.78 is 6.66. The van der Waals surface area contributed by atoms with Crippen LogP contribution in [0.1, 0.15) is 17.4 Å². The van der Waals surface area contributed by atoms with Gasteiger partial charge in [0.15, 0.2) is 4.67 Å². The highest BCUT2D eigenvalue weighted by Gasteiger charge is 2.18. The minimum absolute atomic E-state index is 0.297. The number of aliphatic hydroxyl groups excluding tert-OH is 1. The Labute approximate surface area is 131 Å². The summed E-state index contributed by atoms with van der Waals surface area (Å²) in [7, 11) is 0. The van der Waals surface area contributed by atoms with Gasteiger partial charge in [-0.3, -0.25) is 0 Å². The van der Waals surface area contributed by atoms with Crippen LogP contribution in [0.4, 0.5) is 0 Å². The molecular weight excluding hydrogens is 407 g/mol. The van der Waals surface area contributed by atoms with E-state index in [1.807, 2.05) is 0 Å². The molecule has 1 unspecified atom stereocenters. The molecule has 0 aliphatic heterocycles. The molecule has 2 rings (SSSR count). The van der Waals surface area contributed by atoms with Gasteiger partial charge in [0.1, 0.15) is 11.9 Å². The Hall–Kier alpha value is -0.0000000000000000555. The highest BCUT2D eigenvalue weighted by molar-refractivity contribution is 9.13. The summed E-state index contributed by atoms with van der Waals surface area (Å²) in [6.07, 6.45) is -0.504. The van der Waals surface area contributed by atoms with Crippen LogP contribution in [-0.4, -0.2) is 5.11 Å². The molecule has 2 nitrogen and oxygen atoms in total. The number of halogens is 4. The van der Waals surface area contributed by atoms with Gasteiger partial charge in [0.25, 0.3) is 0 Å². The van der Waals surface area contributed by atoms with Gasteiger partial charge in [-0.25, -0.2) is 0 Å². The van der Waals surface area contributed by atoms with E-state index in [1.54, 1.807) is 24.3 Å². The third kappa shape index (κ3) is 3.11. The Balaban J connectivity index is 2.23. The lowest BCUT2D eigenvalue weighted by Gasteiger charge is -2.10. The first-order chi connectivity index (χ1) is 8.49. The lowest BCUT2D eigenvalue weighted by Crippen LogP contribution is -2.01. The van der Waals surface area contributed by atoms with Gasteiger partial charge in [0, 0.05) is 16.5 Å². The monoisotopic (exact) mass is 412 g/mol. The lowest BCUT2D eigenvalue weighted by molar-refractivity contribution is 0.149. The van der Waals surface area contributed by atoms with Crippen LogP contribution in [0.2, 0.25) is 10.0 Å². The van der Waals surface area contributed by atoms with Crippen molar-refractivity contribution in [3.05, 3.63) is 54.8 Å². The molecule has 1 heterocycles. The van der Waals surface area contributed by atoms with Gasteiger partial charge < -0.3 is 9.52 Å². The fraction of sp³-hybridized carbons (Fsp3) is 0.167. The molecule has 1 atom stereocenters.